The maximum atomic E-state index is 10.7. The summed E-state index contributed by atoms with van der Waals surface area (Å²) in [6, 6.07) is 7.26. The van der Waals surface area contributed by atoms with E-state index >= 15 is 0 Å². The van der Waals surface area contributed by atoms with E-state index in [1.807, 2.05) is 19.1 Å². The summed E-state index contributed by atoms with van der Waals surface area (Å²) in [5.74, 6) is -0.271. The molecular formula is C12H17NO3. The van der Waals surface area contributed by atoms with Crippen LogP contribution in [-0.2, 0) is 10.3 Å². The molecular weight excluding hydrogens is 206 g/mol. The van der Waals surface area contributed by atoms with Crippen molar-refractivity contribution in [1.29, 1.82) is 0 Å². The molecule has 0 spiro atoms. The Morgan fingerprint density at radius 1 is 1.50 bits per heavy atom. The quantitative estimate of drug-likeness (QED) is 0.797. The molecule has 0 saturated carbocycles. The van der Waals surface area contributed by atoms with Crippen LogP contribution in [0.15, 0.2) is 24.3 Å². The molecule has 1 atom stereocenters. The molecule has 0 bridgehead atoms. The van der Waals surface area contributed by atoms with E-state index < -0.39 is 11.5 Å². The molecule has 3 N–H and O–H groups in total. The predicted molar refractivity (Wildman–Crippen MR) is 61.4 cm³/mol. The monoisotopic (exact) mass is 223 g/mol. The molecule has 0 aromatic heterocycles. The van der Waals surface area contributed by atoms with Crippen molar-refractivity contribution in [3.63, 3.8) is 0 Å². The second-order valence-corrected chi connectivity index (χ2v) is 3.92. The van der Waals surface area contributed by atoms with Gasteiger partial charge >= 0.3 is 5.97 Å². The van der Waals surface area contributed by atoms with E-state index in [1.165, 1.54) is 0 Å². The fraction of sp³-hybridized carbons (Fsp3) is 0.417. The van der Waals surface area contributed by atoms with E-state index in [0.29, 0.717) is 12.4 Å². The van der Waals surface area contributed by atoms with Crippen LogP contribution in [0.3, 0.4) is 0 Å². The first-order chi connectivity index (χ1) is 7.47. The van der Waals surface area contributed by atoms with Crippen molar-refractivity contribution in [2.45, 2.75) is 25.8 Å². The number of carbonyl (C=O) groups is 1. The van der Waals surface area contributed by atoms with Crippen LogP contribution in [0.2, 0.25) is 0 Å². The summed E-state index contributed by atoms with van der Waals surface area (Å²) in [6.07, 6.45) is -0.128. The van der Waals surface area contributed by atoms with Gasteiger partial charge in [-0.25, -0.2) is 0 Å². The Kier molecular flexibility index (Phi) is 3.90. The van der Waals surface area contributed by atoms with Crippen molar-refractivity contribution in [3.05, 3.63) is 29.8 Å². The van der Waals surface area contributed by atoms with Gasteiger partial charge in [-0.15, -0.1) is 0 Å². The number of hydrogen-bond donors (Lipinski definition) is 2. The predicted octanol–water partition coefficient (Wildman–Crippen LogP) is 1.73. The fourth-order valence-electron chi connectivity index (χ4n) is 1.63. The highest BCUT2D eigenvalue weighted by Crippen LogP contribution is 2.30. The Balaban J connectivity index is 3.05. The van der Waals surface area contributed by atoms with Crippen molar-refractivity contribution in [3.8, 4) is 5.75 Å². The van der Waals surface area contributed by atoms with Gasteiger partial charge in [0, 0.05) is 5.56 Å². The van der Waals surface area contributed by atoms with Gasteiger partial charge in [0.25, 0.3) is 0 Å². The molecule has 0 amide bonds. The molecule has 1 unspecified atom stereocenters. The number of hydrogen-bond acceptors (Lipinski definition) is 3. The van der Waals surface area contributed by atoms with Crippen LogP contribution in [0.5, 0.6) is 5.75 Å². The molecule has 0 heterocycles. The summed E-state index contributed by atoms with van der Waals surface area (Å²) in [5.41, 5.74) is 5.81. The molecule has 4 heteroatoms. The van der Waals surface area contributed by atoms with Crippen LogP contribution < -0.4 is 10.5 Å². The number of carboxylic acid groups (broad SMARTS) is 1. The standard InChI is InChI=1S/C12H17NO3/c1-3-16-10-7-5-4-6-9(10)12(2,13)8-11(14)15/h4-7H,3,8,13H2,1-2H3,(H,14,15). The third-order valence-corrected chi connectivity index (χ3v) is 2.32. The summed E-state index contributed by atoms with van der Waals surface area (Å²) in [7, 11) is 0. The molecule has 1 aromatic carbocycles. The number of nitrogens with two attached hydrogens (primary N) is 1. The summed E-state index contributed by atoms with van der Waals surface area (Å²) < 4.78 is 5.43. The highest BCUT2D eigenvalue weighted by atomic mass is 16.5. The molecule has 4 nitrogen and oxygen atoms in total. The summed E-state index contributed by atoms with van der Waals surface area (Å²) in [5, 5.41) is 8.81. The number of rotatable bonds is 5. The third kappa shape index (κ3) is 2.97. The molecule has 88 valence electrons. The van der Waals surface area contributed by atoms with Gasteiger partial charge in [-0.3, -0.25) is 4.79 Å². The second kappa shape index (κ2) is 4.99. The van der Waals surface area contributed by atoms with Crippen molar-refractivity contribution in [2.24, 2.45) is 5.73 Å². The Morgan fingerprint density at radius 3 is 2.69 bits per heavy atom. The number of aliphatic carboxylic acids is 1. The minimum Gasteiger partial charge on any atom is -0.494 e. The van der Waals surface area contributed by atoms with E-state index in [4.69, 9.17) is 15.6 Å². The van der Waals surface area contributed by atoms with Crippen molar-refractivity contribution >= 4 is 5.97 Å². The topological polar surface area (TPSA) is 72.5 Å². The minimum absolute atomic E-state index is 0.128. The number of benzene rings is 1. The van der Waals surface area contributed by atoms with Crippen molar-refractivity contribution < 1.29 is 14.6 Å². The molecule has 0 aliphatic heterocycles. The normalized spacial score (nSPS) is 14.2. The van der Waals surface area contributed by atoms with Gasteiger partial charge < -0.3 is 15.6 Å². The van der Waals surface area contributed by atoms with Gasteiger partial charge in [-0.1, -0.05) is 18.2 Å². The number of para-hydroxylation sites is 1. The van der Waals surface area contributed by atoms with Crippen LogP contribution >= 0.6 is 0 Å². The minimum atomic E-state index is -0.920. The van der Waals surface area contributed by atoms with Crippen molar-refractivity contribution in [1.82, 2.24) is 0 Å². The van der Waals surface area contributed by atoms with E-state index in [2.05, 4.69) is 0 Å². The zero-order valence-electron chi connectivity index (χ0n) is 9.56. The largest absolute Gasteiger partial charge is 0.494 e. The molecule has 0 aliphatic rings. The van der Waals surface area contributed by atoms with Crippen LogP contribution in [0.1, 0.15) is 25.8 Å². The average Bonchev–Trinajstić information content (AvgIpc) is 2.17. The summed E-state index contributed by atoms with van der Waals surface area (Å²) in [4.78, 5) is 10.7. The van der Waals surface area contributed by atoms with E-state index in [0.717, 1.165) is 5.56 Å². The van der Waals surface area contributed by atoms with Gasteiger partial charge in [0.05, 0.1) is 18.6 Å². The Morgan fingerprint density at radius 2 is 2.12 bits per heavy atom. The van der Waals surface area contributed by atoms with Crippen LogP contribution in [0.4, 0.5) is 0 Å². The van der Waals surface area contributed by atoms with Crippen LogP contribution in [-0.4, -0.2) is 17.7 Å². The highest BCUT2D eigenvalue weighted by Gasteiger charge is 2.27. The van der Waals surface area contributed by atoms with E-state index in [1.54, 1.807) is 19.1 Å². The second-order valence-electron chi connectivity index (χ2n) is 3.92. The molecule has 1 rings (SSSR count). The lowest BCUT2D eigenvalue weighted by atomic mass is 9.89. The van der Waals surface area contributed by atoms with Gasteiger partial charge in [0.1, 0.15) is 5.75 Å². The Bertz CT molecular complexity index is 374. The molecule has 0 fully saturated rings. The van der Waals surface area contributed by atoms with Crippen LogP contribution in [0, 0.1) is 0 Å². The molecule has 0 aliphatic carbocycles. The fourth-order valence-corrected chi connectivity index (χ4v) is 1.63. The smallest absolute Gasteiger partial charge is 0.305 e. The number of ether oxygens (including phenoxy) is 1. The van der Waals surface area contributed by atoms with Gasteiger partial charge in [-0.05, 0) is 19.9 Å². The molecule has 16 heavy (non-hydrogen) atoms. The maximum Gasteiger partial charge on any atom is 0.305 e. The molecule has 0 saturated heterocycles. The maximum absolute atomic E-state index is 10.7. The first-order valence-electron chi connectivity index (χ1n) is 5.20. The summed E-state index contributed by atoms with van der Waals surface area (Å²) >= 11 is 0. The molecule has 1 aromatic rings. The average molecular weight is 223 g/mol. The number of carboxylic acids is 1. The lowest BCUT2D eigenvalue weighted by molar-refractivity contribution is -0.138. The van der Waals surface area contributed by atoms with E-state index in [-0.39, 0.29) is 6.42 Å². The zero-order valence-corrected chi connectivity index (χ0v) is 9.56. The van der Waals surface area contributed by atoms with Crippen molar-refractivity contribution in [2.75, 3.05) is 6.61 Å². The first kappa shape index (κ1) is 12.5. The Labute approximate surface area is 95.0 Å². The SMILES string of the molecule is CCOc1ccccc1C(C)(N)CC(=O)O. The van der Waals surface area contributed by atoms with Crippen LogP contribution in [0.25, 0.3) is 0 Å². The third-order valence-electron chi connectivity index (χ3n) is 2.32. The highest BCUT2D eigenvalue weighted by molar-refractivity contribution is 5.69. The van der Waals surface area contributed by atoms with Gasteiger partial charge in [0.15, 0.2) is 0 Å². The van der Waals surface area contributed by atoms with E-state index in [9.17, 15) is 4.79 Å². The Hall–Kier alpha value is -1.55. The summed E-state index contributed by atoms with van der Waals surface area (Å²) in [6.45, 7) is 4.10. The first-order valence-corrected chi connectivity index (χ1v) is 5.20. The zero-order chi connectivity index (χ0) is 12.2. The van der Waals surface area contributed by atoms with Gasteiger partial charge in [0.2, 0.25) is 0 Å². The van der Waals surface area contributed by atoms with Gasteiger partial charge in [-0.2, -0.15) is 0 Å². The lowest BCUT2D eigenvalue weighted by Crippen LogP contribution is -2.36. The lowest BCUT2D eigenvalue weighted by Gasteiger charge is -2.25. The molecule has 0 radical (unpaired) electrons.